The van der Waals surface area contributed by atoms with Gasteiger partial charge in [-0.3, -0.25) is 4.79 Å². The first-order chi connectivity index (χ1) is 8.98. The van der Waals surface area contributed by atoms with E-state index in [0.717, 1.165) is 6.42 Å². The van der Waals surface area contributed by atoms with Crippen LogP contribution in [0.2, 0.25) is 0 Å². The van der Waals surface area contributed by atoms with Gasteiger partial charge in [-0.25, -0.2) is 0 Å². The van der Waals surface area contributed by atoms with E-state index in [2.05, 4.69) is 5.32 Å². The third-order valence-electron chi connectivity index (χ3n) is 3.07. The summed E-state index contributed by atoms with van der Waals surface area (Å²) in [6, 6.07) is 8.92. The van der Waals surface area contributed by atoms with Gasteiger partial charge in [-0.1, -0.05) is 18.2 Å². The minimum absolute atomic E-state index is 0.123. The molecule has 5 heteroatoms. The van der Waals surface area contributed by atoms with Crippen LogP contribution in [0.4, 0.5) is 18.9 Å². The van der Waals surface area contributed by atoms with Crippen molar-refractivity contribution < 1.29 is 18.0 Å². The molecule has 2 rings (SSSR count). The predicted octanol–water partition coefficient (Wildman–Crippen LogP) is 4.06. The topological polar surface area (TPSA) is 29.1 Å². The molecule has 0 heterocycles. The van der Waals surface area contributed by atoms with Gasteiger partial charge >= 0.3 is 6.18 Å². The Morgan fingerprint density at radius 3 is 2.32 bits per heavy atom. The molecule has 0 saturated carbocycles. The minimum atomic E-state index is -4.80. The van der Waals surface area contributed by atoms with Crippen molar-refractivity contribution in [2.24, 2.45) is 0 Å². The second-order valence-corrected chi connectivity index (χ2v) is 4.48. The monoisotopic (exact) mass is 269 g/mol. The number of Topliss-reactive ketones (excluding diaryl/α,β-unsaturated/α-hetero) is 1. The highest BCUT2D eigenvalue weighted by Crippen LogP contribution is 2.31. The van der Waals surface area contributed by atoms with Crippen LogP contribution in [-0.2, 0) is 4.79 Å². The van der Waals surface area contributed by atoms with E-state index in [0.29, 0.717) is 24.2 Å². The Labute approximate surface area is 109 Å². The number of alkyl halides is 3. The summed E-state index contributed by atoms with van der Waals surface area (Å²) in [5.41, 5.74) is 0.981. The van der Waals surface area contributed by atoms with E-state index >= 15 is 0 Å². The molecule has 0 aromatic heterocycles. The third kappa shape index (κ3) is 3.36. The van der Waals surface area contributed by atoms with Gasteiger partial charge in [0.05, 0.1) is 0 Å². The van der Waals surface area contributed by atoms with Gasteiger partial charge in [0.25, 0.3) is 5.78 Å². The van der Waals surface area contributed by atoms with Crippen molar-refractivity contribution >= 4 is 11.5 Å². The molecule has 0 atom stereocenters. The minimum Gasteiger partial charge on any atom is -0.359 e. The van der Waals surface area contributed by atoms with Gasteiger partial charge in [0, 0.05) is 17.0 Å². The molecule has 0 spiro atoms. The molecule has 0 bridgehead atoms. The highest BCUT2D eigenvalue weighted by molar-refractivity contribution is 6.00. The third-order valence-corrected chi connectivity index (χ3v) is 3.07. The largest absolute Gasteiger partial charge is 0.454 e. The number of carbonyl (C=O) groups excluding carboxylic acids is 1. The lowest BCUT2D eigenvalue weighted by atomic mass is 9.93. The number of nitrogens with one attached hydrogen (secondary N) is 1. The maximum atomic E-state index is 12.5. The molecule has 1 aliphatic carbocycles. The number of hydrogen-bond acceptors (Lipinski definition) is 2. The van der Waals surface area contributed by atoms with Crippen molar-refractivity contribution in [1.82, 2.24) is 0 Å². The first-order valence-electron chi connectivity index (χ1n) is 6.14. The highest BCUT2D eigenvalue weighted by Gasteiger charge is 2.41. The van der Waals surface area contributed by atoms with Crippen LogP contribution >= 0.6 is 0 Å². The predicted molar refractivity (Wildman–Crippen MR) is 66.6 cm³/mol. The maximum Gasteiger partial charge on any atom is 0.454 e. The zero-order chi connectivity index (χ0) is 13.9. The molecular weight excluding hydrogens is 255 g/mol. The Morgan fingerprint density at radius 1 is 1.05 bits per heavy atom. The quantitative estimate of drug-likeness (QED) is 0.896. The molecule has 19 heavy (non-hydrogen) atoms. The number of anilines is 1. The number of halogens is 3. The molecule has 1 N–H and O–H groups in total. The molecule has 1 aliphatic rings. The zero-order valence-corrected chi connectivity index (χ0v) is 10.3. The van der Waals surface area contributed by atoms with E-state index in [-0.39, 0.29) is 12.0 Å². The van der Waals surface area contributed by atoms with Gasteiger partial charge in [0.1, 0.15) is 0 Å². The molecule has 0 unspecified atom stereocenters. The van der Waals surface area contributed by atoms with Crippen LogP contribution in [0.5, 0.6) is 0 Å². The Kier molecular flexibility index (Phi) is 3.93. The van der Waals surface area contributed by atoms with Gasteiger partial charge in [-0.2, -0.15) is 13.2 Å². The van der Waals surface area contributed by atoms with E-state index in [1.165, 1.54) is 0 Å². The summed E-state index contributed by atoms with van der Waals surface area (Å²) in [5.74, 6) is -1.72. The molecule has 2 nitrogen and oxygen atoms in total. The number of benzene rings is 1. The molecule has 0 amide bonds. The number of ketones is 1. The van der Waals surface area contributed by atoms with E-state index < -0.39 is 12.0 Å². The number of hydrogen-bond donors (Lipinski definition) is 1. The standard InChI is InChI=1S/C14H14F3NO/c15-14(16,17)13(19)11-8-4-5-9-12(11)18-10-6-2-1-3-7-10/h1-3,6-7,18H,4-5,8-9H2. The first kappa shape index (κ1) is 13.6. The van der Waals surface area contributed by atoms with Crippen LogP contribution in [0.1, 0.15) is 25.7 Å². The van der Waals surface area contributed by atoms with Crippen molar-refractivity contribution in [3.05, 3.63) is 41.6 Å². The normalized spacial score (nSPS) is 16.4. The molecular formula is C14H14F3NO. The van der Waals surface area contributed by atoms with Crippen LogP contribution in [-0.4, -0.2) is 12.0 Å². The van der Waals surface area contributed by atoms with E-state index in [9.17, 15) is 18.0 Å². The summed E-state index contributed by atoms with van der Waals surface area (Å²) in [4.78, 5) is 11.4. The number of rotatable bonds is 3. The van der Waals surface area contributed by atoms with Gasteiger partial charge in [0.15, 0.2) is 0 Å². The highest BCUT2D eigenvalue weighted by atomic mass is 19.4. The lowest BCUT2D eigenvalue weighted by Gasteiger charge is -2.21. The molecule has 0 fully saturated rings. The lowest BCUT2D eigenvalue weighted by molar-refractivity contribution is -0.166. The van der Waals surface area contributed by atoms with Gasteiger partial charge in [0.2, 0.25) is 0 Å². The van der Waals surface area contributed by atoms with Crippen LogP contribution < -0.4 is 5.32 Å². The Bertz CT molecular complexity index is 491. The summed E-state index contributed by atoms with van der Waals surface area (Å²) in [7, 11) is 0. The SMILES string of the molecule is O=C(C1=C(Nc2ccccc2)CCCC1)C(F)(F)F. The number of allylic oxidation sites excluding steroid dienone is 2. The molecule has 0 aliphatic heterocycles. The van der Waals surface area contributed by atoms with Gasteiger partial charge in [-0.15, -0.1) is 0 Å². The zero-order valence-electron chi connectivity index (χ0n) is 10.3. The van der Waals surface area contributed by atoms with E-state index in [1.54, 1.807) is 24.3 Å². The van der Waals surface area contributed by atoms with Crippen LogP contribution in [0.3, 0.4) is 0 Å². The number of carbonyl (C=O) groups is 1. The van der Waals surface area contributed by atoms with Crippen molar-refractivity contribution in [3.63, 3.8) is 0 Å². The van der Waals surface area contributed by atoms with Crippen molar-refractivity contribution in [3.8, 4) is 0 Å². The Hall–Kier alpha value is -1.78. The maximum absolute atomic E-state index is 12.5. The van der Waals surface area contributed by atoms with Crippen LogP contribution in [0.25, 0.3) is 0 Å². The summed E-state index contributed by atoms with van der Waals surface area (Å²) in [6.45, 7) is 0. The molecule has 0 radical (unpaired) electrons. The Morgan fingerprint density at radius 2 is 1.68 bits per heavy atom. The van der Waals surface area contributed by atoms with E-state index in [1.807, 2.05) is 6.07 Å². The number of para-hydroxylation sites is 1. The van der Waals surface area contributed by atoms with Gasteiger partial charge < -0.3 is 5.32 Å². The summed E-state index contributed by atoms with van der Waals surface area (Å²) < 4.78 is 37.6. The van der Waals surface area contributed by atoms with Gasteiger partial charge in [-0.05, 0) is 37.8 Å². The second-order valence-electron chi connectivity index (χ2n) is 4.48. The Balaban J connectivity index is 2.27. The van der Waals surface area contributed by atoms with Crippen LogP contribution in [0, 0.1) is 0 Å². The summed E-state index contributed by atoms with van der Waals surface area (Å²) in [5, 5.41) is 2.94. The second kappa shape index (κ2) is 5.47. The van der Waals surface area contributed by atoms with Crippen molar-refractivity contribution in [2.75, 3.05) is 5.32 Å². The first-order valence-corrected chi connectivity index (χ1v) is 6.14. The molecule has 1 aromatic rings. The summed E-state index contributed by atoms with van der Waals surface area (Å²) in [6.07, 6.45) is -2.71. The molecule has 0 saturated heterocycles. The average Bonchev–Trinajstić information content (AvgIpc) is 2.39. The fraction of sp³-hybridized carbons (Fsp3) is 0.357. The smallest absolute Gasteiger partial charge is 0.359 e. The van der Waals surface area contributed by atoms with Crippen molar-refractivity contribution in [1.29, 1.82) is 0 Å². The molecule has 102 valence electrons. The molecule has 1 aromatic carbocycles. The lowest BCUT2D eigenvalue weighted by Crippen LogP contribution is -2.28. The van der Waals surface area contributed by atoms with Crippen molar-refractivity contribution in [2.45, 2.75) is 31.9 Å². The average molecular weight is 269 g/mol. The van der Waals surface area contributed by atoms with Crippen LogP contribution in [0.15, 0.2) is 41.6 Å². The fourth-order valence-corrected chi connectivity index (χ4v) is 2.16. The summed E-state index contributed by atoms with van der Waals surface area (Å²) >= 11 is 0. The van der Waals surface area contributed by atoms with E-state index in [4.69, 9.17) is 0 Å². The fourth-order valence-electron chi connectivity index (χ4n) is 2.16.